The van der Waals surface area contributed by atoms with Gasteiger partial charge in [0.05, 0.1) is 6.04 Å². The zero-order chi connectivity index (χ0) is 23.5. The normalized spacial score (nSPS) is 20.3. The highest BCUT2D eigenvalue weighted by Crippen LogP contribution is 2.34. The first-order valence-electron chi connectivity index (χ1n) is 13.2. The van der Waals surface area contributed by atoms with Crippen LogP contribution in [0.1, 0.15) is 96.1 Å². The summed E-state index contributed by atoms with van der Waals surface area (Å²) in [5.74, 6) is 1.42. The van der Waals surface area contributed by atoms with Gasteiger partial charge in [0.2, 0.25) is 5.91 Å². The van der Waals surface area contributed by atoms with E-state index in [1.54, 1.807) is 0 Å². The summed E-state index contributed by atoms with van der Waals surface area (Å²) in [5, 5.41) is 14.6. The number of nitrogens with zero attached hydrogens (tertiary/aromatic N) is 1. The van der Waals surface area contributed by atoms with Crippen LogP contribution >= 0.6 is 0 Å². The smallest absolute Gasteiger partial charge is 0.220 e. The molecule has 0 bridgehead atoms. The molecule has 2 aliphatic heterocycles. The Balaban J connectivity index is 1.69. The number of aliphatic hydroxyl groups excluding tert-OH is 1. The molecule has 0 saturated carbocycles. The van der Waals surface area contributed by atoms with Crippen molar-refractivity contribution in [3.63, 3.8) is 0 Å². The Kier molecular flexibility index (Phi) is 10.8. The van der Waals surface area contributed by atoms with E-state index in [0.29, 0.717) is 43.7 Å². The molecule has 1 unspecified atom stereocenters. The maximum atomic E-state index is 12.8. The van der Waals surface area contributed by atoms with Crippen LogP contribution in [0.5, 0.6) is 11.5 Å². The number of amides is 1. The molecule has 2 heterocycles. The average Bonchev–Trinajstić information content (AvgIpc) is 2.84. The summed E-state index contributed by atoms with van der Waals surface area (Å²) in [5.41, 5.74) is 0.761. The quantitative estimate of drug-likeness (QED) is 0.406. The topological polar surface area (TPSA) is 71.0 Å². The van der Waals surface area contributed by atoms with Gasteiger partial charge in [-0.2, -0.15) is 0 Å². The largest absolute Gasteiger partial charge is 0.486 e. The van der Waals surface area contributed by atoms with Crippen LogP contribution in [0.3, 0.4) is 0 Å². The van der Waals surface area contributed by atoms with Gasteiger partial charge in [-0.1, -0.05) is 58.4 Å². The molecule has 2 aliphatic rings. The highest BCUT2D eigenvalue weighted by atomic mass is 16.6. The molecule has 0 aliphatic carbocycles. The molecule has 6 nitrogen and oxygen atoms in total. The van der Waals surface area contributed by atoms with Crippen molar-refractivity contribution in [2.24, 2.45) is 0 Å². The standard InChI is InChI=1S/C27H44N2O4/c1-3-5-6-7-8-13-26(30)28-23(20-29-16-10-9-12-22(29)11-4-2)27(31)21-14-15-24-25(19-21)33-18-17-32-24/h14-15,19,22-23,27,31H,3-13,16-18,20H2,1-2H3,(H,28,30)/t22?,23-,27-/m1/s1. The highest BCUT2D eigenvalue weighted by Gasteiger charge is 2.30. The van der Waals surface area contributed by atoms with Crippen molar-refractivity contribution in [2.75, 3.05) is 26.3 Å². The van der Waals surface area contributed by atoms with Crippen molar-refractivity contribution in [3.05, 3.63) is 23.8 Å². The van der Waals surface area contributed by atoms with Crippen molar-refractivity contribution in [1.82, 2.24) is 10.2 Å². The molecule has 33 heavy (non-hydrogen) atoms. The molecule has 1 saturated heterocycles. The minimum absolute atomic E-state index is 0.0390. The zero-order valence-corrected chi connectivity index (χ0v) is 20.7. The number of hydrogen-bond acceptors (Lipinski definition) is 5. The summed E-state index contributed by atoms with van der Waals surface area (Å²) < 4.78 is 11.4. The lowest BCUT2D eigenvalue weighted by Crippen LogP contribution is -2.51. The van der Waals surface area contributed by atoms with Gasteiger partial charge >= 0.3 is 0 Å². The number of hydrogen-bond donors (Lipinski definition) is 2. The van der Waals surface area contributed by atoms with Gasteiger partial charge in [0, 0.05) is 19.0 Å². The Hall–Kier alpha value is -1.79. The van der Waals surface area contributed by atoms with Crippen LogP contribution in [0.15, 0.2) is 18.2 Å². The lowest BCUT2D eigenvalue weighted by atomic mass is 9.95. The van der Waals surface area contributed by atoms with E-state index >= 15 is 0 Å². The van der Waals surface area contributed by atoms with E-state index in [1.807, 2.05) is 18.2 Å². The number of rotatable bonds is 13. The van der Waals surface area contributed by atoms with E-state index in [9.17, 15) is 9.90 Å². The molecule has 0 spiro atoms. The van der Waals surface area contributed by atoms with Gasteiger partial charge in [0.15, 0.2) is 11.5 Å². The van der Waals surface area contributed by atoms with E-state index in [1.165, 1.54) is 38.5 Å². The number of aliphatic hydroxyl groups is 1. The number of fused-ring (bicyclic) bond motifs is 1. The third kappa shape index (κ3) is 7.89. The van der Waals surface area contributed by atoms with Crippen LogP contribution in [-0.4, -0.2) is 54.3 Å². The van der Waals surface area contributed by atoms with Crippen molar-refractivity contribution < 1.29 is 19.4 Å². The molecular weight excluding hydrogens is 416 g/mol. The fourth-order valence-corrected chi connectivity index (χ4v) is 5.08. The first-order chi connectivity index (χ1) is 16.1. The van der Waals surface area contributed by atoms with Gasteiger partial charge in [-0.15, -0.1) is 0 Å². The predicted octanol–water partition coefficient (Wildman–Crippen LogP) is 4.99. The molecule has 2 N–H and O–H groups in total. The molecule has 1 amide bonds. The van der Waals surface area contributed by atoms with Crippen molar-refractivity contribution >= 4 is 5.91 Å². The van der Waals surface area contributed by atoms with Crippen molar-refractivity contribution in [3.8, 4) is 11.5 Å². The van der Waals surface area contributed by atoms with Crippen molar-refractivity contribution in [2.45, 2.75) is 103 Å². The lowest BCUT2D eigenvalue weighted by Gasteiger charge is -2.39. The van der Waals surface area contributed by atoms with E-state index in [0.717, 1.165) is 37.8 Å². The van der Waals surface area contributed by atoms with E-state index in [2.05, 4.69) is 24.1 Å². The first kappa shape index (κ1) is 25.8. The Labute approximate surface area is 200 Å². The maximum absolute atomic E-state index is 12.8. The number of benzene rings is 1. The minimum Gasteiger partial charge on any atom is -0.486 e. The molecule has 186 valence electrons. The summed E-state index contributed by atoms with van der Waals surface area (Å²) in [4.78, 5) is 15.3. The summed E-state index contributed by atoms with van der Waals surface area (Å²) >= 11 is 0. The molecule has 6 heteroatoms. The van der Waals surface area contributed by atoms with Crippen molar-refractivity contribution in [1.29, 1.82) is 0 Å². The summed E-state index contributed by atoms with van der Waals surface area (Å²) in [6.07, 6.45) is 11.3. The van der Waals surface area contributed by atoms with Crippen LogP contribution in [-0.2, 0) is 4.79 Å². The molecule has 1 aromatic carbocycles. The van der Waals surface area contributed by atoms with Crippen LogP contribution in [0.25, 0.3) is 0 Å². The number of likely N-dealkylation sites (tertiary alicyclic amines) is 1. The molecule has 3 atom stereocenters. The first-order valence-corrected chi connectivity index (χ1v) is 13.2. The Morgan fingerprint density at radius 3 is 2.67 bits per heavy atom. The Morgan fingerprint density at radius 2 is 1.88 bits per heavy atom. The number of unbranched alkanes of at least 4 members (excludes halogenated alkanes) is 4. The number of ether oxygens (including phenoxy) is 2. The highest BCUT2D eigenvalue weighted by molar-refractivity contribution is 5.76. The van der Waals surface area contributed by atoms with E-state index < -0.39 is 6.10 Å². The number of piperidine rings is 1. The van der Waals surface area contributed by atoms with Crippen LogP contribution in [0.4, 0.5) is 0 Å². The second kappa shape index (κ2) is 13.8. The fourth-order valence-electron chi connectivity index (χ4n) is 5.08. The lowest BCUT2D eigenvalue weighted by molar-refractivity contribution is -0.123. The second-order valence-electron chi connectivity index (χ2n) is 9.62. The third-order valence-electron chi connectivity index (χ3n) is 6.94. The molecule has 1 fully saturated rings. The molecular formula is C27H44N2O4. The Bertz CT molecular complexity index is 724. The SMILES string of the molecule is CCCCCCCC(=O)N[C@H](CN1CCCCC1CCC)[C@H](O)c1ccc2c(c1)OCCO2. The van der Waals surface area contributed by atoms with Crippen LogP contribution in [0.2, 0.25) is 0 Å². The maximum Gasteiger partial charge on any atom is 0.220 e. The van der Waals surface area contributed by atoms with Gasteiger partial charge in [0.1, 0.15) is 19.3 Å². The van der Waals surface area contributed by atoms with E-state index in [4.69, 9.17) is 9.47 Å². The number of carbonyl (C=O) groups excluding carboxylic acids is 1. The van der Waals surface area contributed by atoms with E-state index in [-0.39, 0.29) is 11.9 Å². The van der Waals surface area contributed by atoms with Gasteiger partial charge < -0.3 is 19.9 Å². The molecule has 0 aromatic heterocycles. The molecule has 0 radical (unpaired) electrons. The zero-order valence-electron chi connectivity index (χ0n) is 20.7. The minimum atomic E-state index is -0.797. The monoisotopic (exact) mass is 460 g/mol. The number of nitrogens with one attached hydrogen (secondary N) is 1. The third-order valence-corrected chi connectivity index (χ3v) is 6.94. The van der Waals surface area contributed by atoms with Crippen LogP contribution < -0.4 is 14.8 Å². The molecule has 3 rings (SSSR count). The van der Waals surface area contributed by atoms with Gasteiger partial charge in [-0.3, -0.25) is 9.69 Å². The van der Waals surface area contributed by atoms with Gasteiger partial charge in [0.25, 0.3) is 0 Å². The second-order valence-corrected chi connectivity index (χ2v) is 9.62. The summed E-state index contributed by atoms with van der Waals surface area (Å²) in [7, 11) is 0. The van der Waals surface area contributed by atoms with Gasteiger partial charge in [-0.05, 0) is 49.9 Å². The summed E-state index contributed by atoms with van der Waals surface area (Å²) in [6, 6.07) is 5.79. The van der Waals surface area contributed by atoms with Gasteiger partial charge in [-0.25, -0.2) is 0 Å². The Morgan fingerprint density at radius 1 is 1.09 bits per heavy atom. The summed E-state index contributed by atoms with van der Waals surface area (Å²) in [6.45, 7) is 7.18. The predicted molar refractivity (Wildman–Crippen MR) is 132 cm³/mol. The molecule has 1 aromatic rings. The van der Waals surface area contributed by atoms with Crippen LogP contribution in [0, 0.1) is 0 Å². The average molecular weight is 461 g/mol. The number of carbonyl (C=O) groups is 1. The fraction of sp³-hybridized carbons (Fsp3) is 0.741.